The van der Waals surface area contributed by atoms with Crippen LogP contribution in [-0.2, 0) is 6.42 Å². The molecular weight excluding hydrogens is 243 g/mol. The maximum atomic E-state index is 6.11. The van der Waals surface area contributed by atoms with Gasteiger partial charge < -0.3 is 5.73 Å². The highest BCUT2D eigenvalue weighted by molar-refractivity contribution is 6.35. The zero-order valence-electron chi connectivity index (χ0n) is 9.03. The molecule has 2 N–H and O–H groups in total. The molecule has 2 rings (SSSR count). The first kappa shape index (κ1) is 13.2. The summed E-state index contributed by atoms with van der Waals surface area (Å²) in [6.07, 6.45) is 2.61. The van der Waals surface area contributed by atoms with E-state index in [4.69, 9.17) is 17.3 Å². The topological polar surface area (TPSA) is 38.9 Å². The molecule has 2 aromatic rings. The van der Waals surface area contributed by atoms with Gasteiger partial charge in [-0.1, -0.05) is 11.6 Å². The third kappa shape index (κ3) is 2.46. The lowest BCUT2D eigenvalue weighted by atomic mass is 10.0. The van der Waals surface area contributed by atoms with Crippen molar-refractivity contribution in [1.82, 2.24) is 4.98 Å². The lowest BCUT2D eigenvalue weighted by Crippen LogP contribution is -2.04. The maximum Gasteiger partial charge on any atom is 0.0719 e. The Morgan fingerprint density at radius 2 is 2.12 bits per heavy atom. The van der Waals surface area contributed by atoms with Crippen LogP contribution in [0.1, 0.15) is 11.1 Å². The van der Waals surface area contributed by atoms with E-state index in [2.05, 4.69) is 24.0 Å². The lowest BCUT2D eigenvalue weighted by Gasteiger charge is -2.07. The van der Waals surface area contributed by atoms with Crippen LogP contribution in [0.2, 0.25) is 5.02 Å². The molecule has 1 aromatic heterocycles. The Bertz CT molecular complexity index is 498. The summed E-state index contributed by atoms with van der Waals surface area (Å²) in [6.45, 7) is 2.73. The summed E-state index contributed by atoms with van der Waals surface area (Å²) in [6, 6.07) is 5.96. The minimum Gasteiger partial charge on any atom is -0.330 e. The van der Waals surface area contributed by atoms with Crippen molar-refractivity contribution in [1.29, 1.82) is 0 Å². The Kier molecular flexibility index (Phi) is 4.54. The van der Waals surface area contributed by atoms with Gasteiger partial charge in [0.2, 0.25) is 0 Å². The number of aryl methyl sites for hydroxylation is 1. The monoisotopic (exact) mass is 256 g/mol. The number of fused-ring (bicyclic) bond motifs is 1. The molecule has 0 amide bonds. The van der Waals surface area contributed by atoms with E-state index in [9.17, 15) is 0 Å². The van der Waals surface area contributed by atoms with Crippen molar-refractivity contribution in [3.63, 3.8) is 0 Å². The van der Waals surface area contributed by atoms with E-state index in [-0.39, 0.29) is 12.4 Å². The summed E-state index contributed by atoms with van der Waals surface area (Å²) >= 11 is 6.11. The minimum atomic E-state index is 0. The molecular formula is C12H14Cl2N2. The summed E-state index contributed by atoms with van der Waals surface area (Å²) in [5, 5.41) is 1.76. The zero-order chi connectivity index (χ0) is 10.8. The van der Waals surface area contributed by atoms with Gasteiger partial charge in [0.05, 0.1) is 10.5 Å². The van der Waals surface area contributed by atoms with Crippen molar-refractivity contribution in [2.45, 2.75) is 13.3 Å². The highest BCUT2D eigenvalue weighted by Crippen LogP contribution is 2.24. The molecule has 0 unspecified atom stereocenters. The molecule has 4 heteroatoms. The van der Waals surface area contributed by atoms with E-state index in [1.165, 1.54) is 11.1 Å². The SMILES string of the molecule is Cc1cc2nccc(Cl)c2cc1CCN.Cl. The first-order valence-corrected chi connectivity index (χ1v) is 5.34. The van der Waals surface area contributed by atoms with Gasteiger partial charge in [0.15, 0.2) is 0 Å². The second-order valence-electron chi connectivity index (χ2n) is 3.63. The van der Waals surface area contributed by atoms with Crippen molar-refractivity contribution in [3.05, 3.63) is 40.5 Å². The molecule has 0 saturated heterocycles. The van der Waals surface area contributed by atoms with E-state index >= 15 is 0 Å². The van der Waals surface area contributed by atoms with E-state index in [1.54, 1.807) is 6.20 Å². The number of nitrogens with two attached hydrogens (primary N) is 1. The molecule has 86 valence electrons. The Morgan fingerprint density at radius 3 is 2.81 bits per heavy atom. The number of aromatic nitrogens is 1. The van der Waals surface area contributed by atoms with Gasteiger partial charge in [-0.15, -0.1) is 12.4 Å². The summed E-state index contributed by atoms with van der Waals surface area (Å²) in [7, 11) is 0. The predicted octanol–water partition coefficient (Wildman–Crippen LogP) is 3.12. The Labute approximate surface area is 106 Å². The molecule has 0 radical (unpaired) electrons. The van der Waals surface area contributed by atoms with E-state index in [0.29, 0.717) is 6.54 Å². The standard InChI is InChI=1S/C12H13ClN2.ClH/c1-8-6-12-10(7-9(8)2-4-14)11(13)3-5-15-12;/h3,5-7H,2,4,14H2,1H3;1H. The van der Waals surface area contributed by atoms with Crippen LogP contribution < -0.4 is 5.73 Å². The Morgan fingerprint density at radius 1 is 1.38 bits per heavy atom. The number of hydrogen-bond acceptors (Lipinski definition) is 2. The number of pyridine rings is 1. The molecule has 0 bridgehead atoms. The average Bonchev–Trinajstić information content (AvgIpc) is 2.21. The third-order valence-electron chi connectivity index (χ3n) is 2.56. The molecule has 0 aliphatic heterocycles. The van der Waals surface area contributed by atoms with Crippen LogP contribution in [0.15, 0.2) is 24.4 Å². The van der Waals surface area contributed by atoms with E-state index in [1.807, 2.05) is 6.07 Å². The highest BCUT2D eigenvalue weighted by Gasteiger charge is 2.04. The number of benzene rings is 1. The van der Waals surface area contributed by atoms with Crippen LogP contribution in [0, 0.1) is 6.92 Å². The van der Waals surface area contributed by atoms with Gasteiger partial charge >= 0.3 is 0 Å². The van der Waals surface area contributed by atoms with Crippen molar-refractivity contribution < 1.29 is 0 Å². The molecule has 0 spiro atoms. The van der Waals surface area contributed by atoms with Crippen molar-refractivity contribution in [3.8, 4) is 0 Å². The van der Waals surface area contributed by atoms with Gasteiger partial charge in [-0.05, 0) is 49.2 Å². The van der Waals surface area contributed by atoms with Crippen LogP contribution in [0.4, 0.5) is 0 Å². The lowest BCUT2D eigenvalue weighted by molar-refractivity contribution is 0.960. The van der Waals surface area contributed by atoms with Crippen molar-refractivity contribution in [2.24, 2.45) is 5.73 Å². The van der Waals surface area contributed by atoms with Gasteiger partial charge in [-0.3, -0.25) is 4.98 Å². The fourth-order valence-electron chi connectivity index (χ4n) is 1.73. The summed E-state index contributed by atoms with van der Waals surface area (Å²) in [4.78, 5) is 4.29. The summed E-state index contributed by atoms with van der Waals surface area (Å²) in [5.41, 5.74) is 8.98. The quantitative estimate of drug-likeness (QED) is 0.897. The molecule has 0 fully saturated rings. The van der Waals surface area contributed by atoms with E-state index < -0.39 is 0 Å². The zero-order valence-corrected chi connectivity index (χ0v) is 10.6. The van der Waals surface area contributed by atoms with Gasteiger partial charge in [0, 0.05) is 11.6 Å². The number of hydrogen-bond donors (Lipinski definition) is 1. The second kappa shape index (κ2) is 5.48. The number of halogens is 2. The first-order valence-electron chi connectivity index (χ1n) is 4.96. The van der Waals surface area contributed by atoms with Crippen LogP contribution in [0.25, 0.3) is 10.9 Å². The highest BCUT2D eigenvalue weighted by atomic mass is 35.5. The van der Waals surface area contributed by atoms with Crippen LogP contribution in [0.3, 0.4) is 0 Å². The molecule has 0 aliphatic carbocycles. The van der Waals surface area contributed by atoms with Gasteiger partial charge in [0.25, 0.3) is 0 Å². The molecule has 16 heavy (non-hydrogen) atoms. The number of rotatable bonds is 2. The fourth-order valence-corrected chi connectivity index (χ4v) is 1.94. The van der Waals surface area contributed by atoms with Crippen molar-refractivity contribution >= 4 is 34.9 Å². The third-order valence-corrected chi connectivity index (χ3v) is 2.89. The Hall–Kier alpha value is -0.830. The molecule has 1 aromatic carbocycles. The fraction of sp³-hybridized carbons (Fsp3) is 0.250. The molecule has 0 aliphatic rings. The van der Waals surface area contributed by atoms with E-state index in [0.717, 1.165) is 22.3 Å². The largest absolute Gasteiger partial charge is 0.330 e. The Balaban J connectivity index is 0.00000128. The van der Waals surface area contributed by atoms with Gasteiger partial charge in [-0.2, -0.15) is 0 Å². The summed E-state index contributed by atoms with van der Waals surface area (Å²) < 4.78 is 0. The maximum absolute atomic E-state index is 6.11. The van der Waals surface area contributed by atoms with Crippen LogP contribution in [-0.4, -0.2) is 11.5 Å². The average molecular weight is 257 g/mol. The predicted molar refractivity (Wildman–Crippen MR) is 71.5 cm³/mol. The number of nitrogens with zero attached hydrogens (tertiary/aromatic N) is 1. The summed E-state index contributed by atoms with van der Waals surface area (Å²) in [5.74, 6) is 0. The molecule has 1 heterocycles. The first-order chi connectivity index (χ1) is 7.22. The van der Waals surface area contributed by atoms with Crippen LogP contribution in [0.5, 0.6) is 0 Å². The molecule has 2 nitrogen and oxygen atoms in total. The van der Waals surface area contributed by atoms with Gasteiger partial charge in [-0.25, -0.2) is 0 Å². The smallest absolute Gasteiger partial charge is 0.0719 e. The minimum absolute atomic E-state index is 0. The second-order valence-corrected chi connectivity index (χ2v) is 4.03. The molecule has 0 saturated carbocycles. The molecule has 0 atom stereocenters. The van der Waals surface area contributed by atoms with Crippen molar-refractivity contribution in [2.75, 3.05) is 6.54 Å². The van der Waals surface area contributed by atoms with Crippen LogP contribution >= 0.6 is 24.0 Å². The normalized spacial score (nSPS) is 10.2. The van der Waals surface area contributed by atoms with Gasteiger partial charge in [0.1, 0.15) is 0 Å².